The van der Waals surface area contributed by atoms with Crippen LogP contribution in [0.3, 0.4) is 0 Å². The molecule has 1 saturated heterocycles. The minimum atomic E-state index is -0.977. The maximum Gasteiger partial charge on any atom is 0.369 e. The van der Waals surface area contributed by atoms with E-state index in [0.29, 0.717) is 0 Å². The fourth-order valence-electron chi connectivity index (χ4n) is 1.19. The van der Waals surface area contributed by atoms with Gasteiger partial charge in [-0.2, -0.15) is 0 Å². The smallest absolute Gasteiger partial charge is 0.304 e. The molecule has 0 saturated carbocycles. The van der Waals surface area contributed by atoms with Gasteiger partial charge < -0.3 is 4.90 Å². The Balaban J connectivity index is 2.22. The van der Waals surface area contributed by atoms with Gasteiger partial charge in [0.15, 0.2) is 0 Å². The first-order valence-corrected chi connectivity index (χ1v) is 3.79. The zero-order valence-electron chi connectivity index (χ0n) is 6.75. The van der Waals surface area contributed by atoms with Crippen LogP contribution >= 0.6 is 0 Å². The predicted octanol–water partition coefficient (Wildman–Crippen LogP) is -0.809. The maximum absolute atomic E-state index is 10.2. The van der Waals surface area contributed by atoms with Crippen LogP contribution < -0.4 is 0 Å². The Morgan fingerprint density at radius 3 is 2.27 bits per heavy atom. The van der Waals surface area contributed by atoms with Crippen LogP contribution in [0.25, 0.3) is 0 Å². The summed E-state index contributed by atoms with van der Waals surface area (Å²) in [5.74, 6) is -0.977. The summed E-state index contributed by atoms with van der Waals surface area (Å²) >= 11 is 0. The van der Waals surface area contributed by atoms with Gasteiger partial charge in [0.1, 0.15) is 6.54 Å². The molecule has 4 nitrogen and oxygen atoms in total. The summed E-state index contributed by atoms with van der Waals surface area (Å²) in [6, 6.07) is 0. The van der Waals surface area contributed by atoms with E-state index in [-0.39, 0.29) is 6.54 Å². The first-order valence-electron chi connectivity index (χ1n) is 3.79. The van der Waals surface area contributed by atoms with E-state index in [9.17, 15) is 9.90 Å². The zero-order valence-corrected chi connectivity index (χ0v) is 6.75. The molecule has 1 heterocycles. The number of rotatable bonds is 2. The second-order valence-electron chi connectivity index (χ2n) is 2.95. The van der Waals surface area contributed by atoms with Crippen LogP contribution in [0.2, 0.25) is 0 Å². The normalized spacial score (nSPS) is 21.9. The van der Waals surface area contributed by atoms with Gasteiger partial charge in [-0.05, 0) is 7.05 Å². The van der Waals surface area contributed by atoms with E-state index in [1.165, 1.54) is 0 Å². The standard InChI is InChI=1S/C7H13N2O2/c1-8-2-4-9(5-3-8)6-7(10)11/h2-6H2,1H3. The van der Waals surface area contributed by atoms with Gasteiger partial charge in [-0.3, -0.25) is 4.90 Å². The summed E-state index contributed by atoms with van der Waals surface area (Å²) in [6.07, 6.45) is 0. The van der Waals surface area contributed by atoms with Crippen LogP contribution in [0.1, 0.15) is 0 Å². The molecule has 1 radical (unpaired) electrons. The SMILES string of the molecule is CN1CCN(CC([O])=O)CC1. The lowest BCUT2D eigenvalue weighted by Crippen LogP contribution is -2.46. The van der Waals surface area contributed by atoms with Crippen molar-refractivity contribution in [3.8, 4) is 0 Å². The summed E-state index contributed by atoms with van der Waals surface area (Å²) in [6.45, 7) is 3.66. The molecule has 0 amide bonds. The van der Waals surface area contributed by atoms with Crippen molar-refractivity contribution in [2.45, 2.75) is 0 Å². The van der Waals surface area contributed by atoms with Crippen molar-refractivity contribution < 1.29 is 9.90 Å². The van der Waals surface area contributed by atoms with Gasteiger partial charge in [0.25, 0.3) is 0 Å². The van der Waals surface area contributed by atoms with Crippen molar-refractivity contribution in [2.75, 3.05) is 39.8 Å². The largest absolute Gasteiger partial charge is 0.369 e. The lowest BCUT2D eigenvalue weighted by Gasteiger charge is -2.30. The van der Waals surface area contributed by atoms with Crippen molar-refractivity contribution in [3.05, 3.63) is 0 Å². The number of hydrogen-bond donors (Lipinski definition) is 0. The fourth-order valence-corrected chi connectivity index (χ4v) is 1.19. The Morgan fingerprint density at radius 1 is 1.27 bits per heavy atom. The molecule has 0 atom stereocenters. The quantitative estimate of drug-likeness (QED) is 0.526. The third-order valence-electron chi connectivity index (χ3n) is 1.95. The van der Waals surface area contributed by atoms with Gasteiger partial charge in [-0.1, -0.05) is 0 Å². The Hall–Kier alpha value is -0.610. The summed E-state index contributed by atoms with van der Waals surface area (Å²) in [7, 11) is 2.04. The third kappa shape index (κ3) is 2.86. The van der Waals surface area contributed by atoms with Crippen LogP contribution in [0, 0.1) is 0 Å². The van der Waals surface area contributed by atoms with Gasteiger partial charge >= 0.3 is 5.97 Å². The lowest BCUT2D eigenvalue weighted by molar-refractivity contribution is -0.144. The van der Waals surface area contributed by atoms with E-state index in [1.807, 2.05) is 11.9 Å². The Morgan fingerprint density at radius 2 is 1.82 bits per heavy atom. The summed E-state index contributed by atoms with van der Waals surface area (Å²) in [5, 5.41) is 10.2. The van der Waals surface area contributed by atoms with Crippen molar-refractivity contribution >= 4 is 5.97 Å². The molecule has 0 aromatic heterocycles. The molecule has 63 valence electrons. The molecule has 11 heavy (non-hydrogen) atoms. The van der Waals surface area contributed by atoms with Crippen LogP contribution in [0.15, 0.2) is 0 Å². The first-order chi connectivity index (χ1) is 5.18. The van der Waals surface area contributed by atoms with Gasteiger partial charge in [-0.25, -0.2) is 9.90 Å². The zero-order chi connectivity index (χ0) is 8.27. The molecule has 1 aliphatic heterocycles. The van der Waals surface area contributed by atoms with E-state index < -0.39 is 5.97 Å². The monoisotopic (exact) mass is 157 g/mol. The van der Waals surface area contributed by atoms with Crippen molar-refractivity contribution in [3.63, 3.8) is 0 Å². The molecule has 1 aliphatic rings. The van der Waals surface area contributed by atoms with Gasteiger partial charge in [0.05, 0.1) is 0 Å². The van der Waals surface area contributed by atoms with Crippen molar-refractivity contribution in [2.24, 2.45) is 0 Å². The van der Waals surface area contributed by atoms with Crippen molar-refractivity contribution in [1.29, 1.82) is 0 Å². The van der Waals surface area contributed by atoms with Crippen LogP contribution in [0.4, 0.5) is 0 Å². The third-order valence-corrected chi connectivity index (χ3v) is 1.95. The average molecular weight is 157 g/mol. The molecule has 0 spiro atoms. The predicted molar refractivity (Wildman–Crippen MR) is 39.6 cm³/mol. The Bertz CT molecular complexity index is 141. The van der Waals surface area contributed by atoms with Gasteiger partial charge in [0, 0.05) is 26.2 Å². The van der Waals surface area contributed by atoms with Crippen molar-refractivity contribution in [1.82, 2.24) is 9.80 Å². The van der Waals surface area contributed by atoms with Crippen LogP contribution in [0.5, 0.6) is 0 Å². The average Bonchev–Trinajstić information content (AvgIpc) is 1.93. The van der Waals surface area contributed by atoms with Gasteiger partial charge in [0.2, 0.25) is 0 Å². The van der Waals surface area contributed by atoms with E-state index in [0.717, 1.165) is 26.2 Å². The summed E-state index contributed by atoms with van der Waals surface area (Å²) in [5.41, 5.74) is 0. The topological polar surface area (TPSA) is 43.5 Å². The highest BCUT2D eigenvalue weighted by Crippen LogP contribution is 1.97. The molecule has 4 heteroatoms. The number of carbonyl (C=O) groups is 1. The van der Waals surface area contributed by atoms with Crippen LogP contribution in [-0.2, 0) is 9.90 Å². The molecule has 0 aromatic rings. The second-order valence-corrected chi connectivity index (χ2v) is 2.95. The highest BCUT2D eigenvalue weighted by molar-refractivity contribution is 5.68. The number of carbonyl (C=O) groups excluding carboxylic acids is 1. The molecule has 1 rings (SSSR count). The minimum absolute atomic E-state index is 0.0772. The highest BCUT2D eigenvalue weighted by Gasteiger charge is 2.16. The summed E-state index contributed by atoms with van der Waals surface area (Å²) < 4.78 is 0. The Kier molecular flexibility index (Phi) is 2.84. The summed E-state index contributed by atoms with van der Waals surface area (Å²) in [4.78, 5) is 14.3. The molecule has 1 fully saturated rings. The number of hydrogen-bond acceptors (Lipinski definition) is 3. The second kappa shape index (κ2) is 3.69. The molecule has 0 unspecified atom stereocenters. The molecule has 0 bridgehead atoms. The molecule has 0 aromatic carbocycles. The number of nitrogens with zero attached hydrogens (tertiary/aromatic N) is 2. The number of piperazine rings is 1. The van der Waals surface area contributed by atoms with Gasteiger partial charge in [-0.15, -0.1) is 0 Å². The van der Waals surface area contributed by atoms with Crippen LogP contribution in [-0.4, -0.2) is 55.5 Å². The lowest BCUT2D eigenvalue weighted by atomic mass is 10.3. The molecule has 0 aliphatic carbocycles. The van der Waals surface area contributed by atoms with E-state index in [1.54, 1.807) is 0 Å². The van der Waals surface area contributed by atoms with E-state index >= 15 is 0 Å². The minimum Gasteiger partial charge on any atom is -0.304 e. The fraction of sp³-hybridized carbons (Fsp3) is 0.857. The maximum atomic E-state index is 10.2. The molecular formula is C7H13N2O2. The highest BCUT2D eigenvalue weighted by atomic mass is 16.4. The Labute approximate surface area is 66.4 Å². The number of likely N-dealkylation sites (N-methyl/N-ethyl adjacent to an activating group) is 1. The van der Waals surface area contributed by atoms with E-state index in [4.69, 9.17) is 0 Å². The molecular weight excluding hydrogens is 144 g/mol. The molecule has 0 N–H and O–H groups in total. The van der Waals surface area contributed by atoms with E-state index in [2.05, 4.69) is 4.90 Å². The first kappa shape index (κ1) is 8.49.